The highest BCUT2D eigenvalue weighted by atomic mass is 35.5. The maximum absolute atomic E-state index is 12.5. The molecule has 0 aliphatic carbocycles. The van der Waals surface area contributed by atoms with Crippen molar-refractivity contribution in [2.45, 2.75) is 52.0 Å². The van der Waals surface area contributed by atoms with Crippen LogP contribution in [0.2, 0.25) is 5.02 Å². The van der Waals surface area contributed by atoms with Crippen LogP contribution in [0.4, 0.5) is 5.69 Å². The molecule has 116 valence electrons. The fourth-order valence-corrected chi connectivity index (χ4v) is 3.14. The van der Waals surface area contributed by atoms with Crippen molar-refractivity contribution < 1.29 is 9.69 Å². The highest BCUT2D eigenvalue weighted by molar-refractivity contribution is 6.31. The zero-order valence-corrected chi connectivity index (χ0v) is 13.8. The van der Waals surface area contributed by atoms with Crippen molar-refractivity contribution in [3.05, 3.63) is 28.8 Å². The summed E-state index contributed by atoms with van der Waals surface area (Å²) in [4.78, 5) is 13.9. The summed E-state index contributed by atoms with van der Waals surface area (Å²) < 4.78 is 0. The summed E-state index contributed by atoms with van der Waals surface area (Å²) >= 11 is 6.11. The average molecular weight is 310 g/mol. The summed E-state index contributed by atoms with van der Waals surface area (Å²) in [6.45, 7) is 6.17. The zero-order chi connectivity index (χ0) is 15.2. The summed E-state index contributed by atoms with van der Waals surface area (Å²) in [6, 6.07) is 5.62. The van der Waals surface area contributed by atoms with Gasteiger partial charge in [0.1, 0.15) is 0 Å². The highest BCUT2D eigenvalue weighted by Crippen LogP contribution is 2.22. The lowest BCUT2D eigenvalue weighted by Gasteiger charge is -2.27. The van der Waals surface area contributed by atoms with Gasteiger partial charge in [0.2, 0.25) is 0 Å². The van der Waals surface area contributed by atoms with Gasteiger partial charge in [-0.05, 0) is 57.2 Å². The number of anilines is 1. The van der Waals surface area contributed by atoms with Crippen molar-refractivity contribution in [2.24, 2.45) is 0 Å². The third-order valence-electron chi connectivity index (χ3n) is 4.53. The van der Waals surface area contributed by atoms with E-state index in [-0.39, 0.29) is 11.9 Å². The minimum absolute atomic E-state index is 0.0125. The van der Waals surface area contributed by atoms with Gasteiger partial charge in [-0.1, -0.05) is 24.1 Å². The molecule has 4 heteroatoms. The molecule has 21 heavy (non-hydrogen) atoms. The molecule has 1 aliphatic heterocycles. The van der Waals surface area contributed by atoms with E-state index in [1.165, 1.54) is 37.0 Å². The number of carbonyl (C=O) groups is 1. The van der Waals surface area contributed by atoms with E-state index >= 15 is 0 Å². The first kappa shape index (κ1) is 16.3. The van der Waals surface area contributed by atoms with E-state index in [1.54, 1.807) is 0 Å². The maximum atomic E-state index is 12.5. The van der Waals surface area contributed by atoms with Crippen molar-refractivity contribution in [1.82, 2.24) is 0 Å². The Labute approximate surface area is 132 Å². The van der Waals surface area contributed by atoms with Crippen LogP contribution in [0.15, 0.2) is 18.2 Å². The quantitative estimate of drug-likeness (QED) is 0.884. The number of benzene rings is 1. The molecule has 2 rings (SSSR count). The van der Waals surface area contributed by atoms with Gasteiger partial charge in [0, 0.05) is 10.7 Å². The summed E-state index contributed by atoms with van der Waals surface area (Å²) in [7, 11) is 0. The summed E-state index contributed by atoms with van der Waals surface area (Å²) in [5.41, 5.74) is 1.76. The molecule has 1 fully saturated rings. The number of carbonyl (C=O) groups excluding carboxylic acids is 1. The van der Waals surface area contributed by atoms with E-state index in [1.807, 2.05) is 32.0 Å². The zero-order valence-electron chi connectivity index (χ0n) is 13.0. The molecule has 1 amide bonds. The van der Waals surface area contributed by atoms with Crippen LogP contribution >= 0.6 is 11.6 Å². The molecule has 3 nitrogen and oxygen atoms in total. The fraction of sp³-hybridized carbons (Fsp3) is 0.588. The van der Waals surface area contributed by atoms with Crippen LogP contribution in [-0.4, -0.2) is 25.0 Å². The lowest BCUT2D eigenvalue weighted by atomic mass is 10.1. The van der Waals surface area contributed by atoms with Gasteiger partial charge in [-0.3, -0.25) is 4.79 Å². The second-order valence-electron chi connectivity index (χ2n) is 6.05. The van der Waals surface area contributed by atoms with Crippen LogP contribution in [0.3, 0.4) is 0 Å². The van der Waals surface area contributed by atoms with Crippen LogP contribution in [0.25, 0.3) is 0 Å². The number of hydrogen-bond donors (Lipinski definition) is 2. The molecule has 2 N–H and O–H groups in total. The molecule has 0 spiro atoms. The van der Waals surface area contributed by atoms with Gasteiger partial charge in [-0.25, -0.2) is 0 Å². The van der Waals surface area contributed by atoms with Gasteiger partial charge in [0.25, 0.3) is 5.91 Å². The molecule has 1 aromatic rings. The molecule has 0 radical (unpaired) electrons. The van der Waals surface area contributed by atoms with Gasteiger partial charge in [0.05, 0.1) is 13.1 Å². The maximum Gasteiger partial charge on any atom is 0.282 e. The van der Waals surface area contributed by atoms with Crippen LogP contribution < -0.4 is 10.2 Å². The molecule has 0 saturated carbocycles. The minimum Gasteiger partial charge on any atom is -0.325 e. The van der Waals surface area contributed by atoms with Crippen LogP contribution in [-0.2, 0) is 4.79 Å². The van der Waals surface area contributed by atoms with Crippen LogP contribution in [0, 0.1) is 6.92 Å². The Morgan fingerprint density at radius 2 is 1.81 bits per heavy atom. The number of nitrogens with one attached hydrogen (secondary N) is 2. The Morgan fingerprint density at radius 1 is 1.19 bits per heavy atom. The highest BCUT2D eigenvalue weighted by Gasteiger charge is 2.25. The second-order valence-corrected chi connectivity index (χ2v) is 6.46. The molecule has 1 saturated heterocycles. The Bertz CT molecular complexity index is 482. The van der Waals surface area contributed by atoms with Gasteiger partial charge >= 0.3 is 0 Å². The second kappa shape index (κ2) is 7.81. The molecular weight excluding hydrogens is 284 g/mol. The molecule has 1 heterocycles. The first-order chi connectivity index (χ1) is 10.1. The number of hydrogen-bond acceptors (Lipinski definition) is 1. The Hall–Kier alpha value is -1.06. The first-order valence-electron chi connectivity index (χ1n) is 8.00. The average Bonchev–Trinajstić information content (AvgIpc) is 2.43. The minimum atomic E-state index is -0.0125. The Balaban J connectivity index is 1.99. The SMILES string of the molecule is Cc1c(Cl)cccc1NC(=O)[C@@H](C)[NH+]1CCCCCCC1. The predicted molar refractivity (Wildman–Crippen MR) is 88.1 cm³/mol. The Morgan fingerprint density at radius 3 is 2.48 bits per heavy atom. The monoisotopic (exact) mass is 309 g/mol. The number of likely N-dealkylation sites (tertiary alicyclic amines) is 1. The van der Waals surface area contributed by atoms with Crippen molar-refractivity contribution in [2.75, 3.05) is 18.4 Å². The first-order valence-corrected chi connectivity index (χ1v) is 8.38. The molecule has 0 bridgehead atoms. The molecule has 1 aliphatic rings. The largest absolute Gasteiger partial charge is 0.325 e. The predicted octanol–water partition coefficient (Wildman–Crippen LogP) is 2.82. The van der Waals surface area contributed by atoms with E-state index in [9.17, 15) is 4.79 Å². The summed E-state index contributed by atoms with van der Waals surface area (Å²) in [5.74, 6) is 0.0935. The number of amides is 1. The lowest BCUT2D eigenvalue weighted by molar-refractivity contribution is -0.914. The standard InChI is InChI=1S/C17H25ClN2O/c1-13-15(18)9-8-10-16(13)19-17(21)14(2)20-11-6-4-3-5-7-12-20/h8-10,14H,3-7,11-12H2,1-2H3,(H,19,21)/p+1/t14-/m1/s1. The van der Waals surface area contributed by atoms with Gasteiger partial charge in [-0.15, -0.1) is 0 Å². The van der Waals surface area contributed by atoms with Crippen LogP contribution in [0.1, 0.15) is 44.6 Å². The van der Waals surface area contributed by atoms with Crippen molar-refractivity contribution in [3.63, 3.8) is 0 Å². The van der Waals surface area contributed by atoms with Gasteiger partial charge < -0.3 is 10.2 Å². The smallest absolute Gasteiger partial charge is 0.282 e. The third kappa shape index (κ3) is 4.45. The number of quaternary nitrogens is 1. The van der Waals surface area contributed by atoms with E-state index < -0.39 is 0 Å². The Kier molecular flexibility index (Phi) is 6.07. The summed E-state index contributed by atoms with van der Waals surface area (Å²) in [5, 5.41) is 3.73. The van der Waals surface area contributed by atoms with E-state index in [4.69, 9.17) is 11.6 Å². The van der Waals surface area contributed by atoms with E-state index in [2.05, 4.69) is 5.32 Å². The van der Waals surface area contributed by atoms with Crippen LogP contribution in [0.5, 0.6) is 0 Å². The van der Waals surface area contributed by atoms with E-state index in [0.29, 0.717) is 5.02 Å². The van der Waals surface area contributed by atoms with Gasteiger partial charge in [0.15, 0.2) is 6.04 Å². The van der Waals surface area contributed by atoms with Crippen molar-refractivity contribution in [1.29, 1.82) is 0 Å². The molecule has 1 aromatic carbocycles. The molecule has 0 unspecified atom stereocenters. The fourth-order valence-electron chi connectivity index (χ4n) is 2.96. The molecular formula is C17H26ClN2O+. The summed E-state index contributed by atoms with van der Waals surface area (Å²) in [6.07, 6.45) is 6.39. The van der Waals surface area contributed by atoms with E-state index in [0.717, 1.165) is 24.3 Å². The van der Waals surface area contributed by atoms with Gasteiger partial charge in [-0.2, -0.15) is 0 Å². The lowest BCUT2D eigenvalue weighted by Crippen LogP contribution is -3.16. The van der Waals surface area contributed by atoms with Crippen molar-refractivity contribution >= 4 is 23.2 Å². The normalized spacial score (nSPS) is 18.6. The molecule has 1 atom stereocenters. The molecule has 0 aromatic heterocycles. The topological polar surface area (TPSA) is 33.5 Å². The number of rotatable bonds is 3. The van der Waals surface area contributed by atoms with Crippen molar-refractivity contribution in [3.8, 4) is 0 Å². The number of halogens is 1. The third-order valence-corrected chi connectivity index (χ3v) is 4.94.